The summed E-state index contributed by atoms with van der Waals surface area (Å²) < 4.78 is 27.3. The second-order valence-corrected chi connectivity index (χ2v) is 2.99. The fourth-order valence-corrected chi connectivity index (χ4v) is 0.578. The van der Waals surface area contributed by atoms with E-state index in [-0.39, 0.29) is 18.9 Å². The molecule has 0 aliphatic carbocycles. The Morgan fingerprint density at radius 3 is 1.33 bits per heavy atom. The normalized spacial score (nSPS) is 9.83. The van der Waals surface area contributed by atoms with Crippen LogP contribution in [0.15, 0.2) is 0 Å². The van der Waals surface area contributed by atoms with Crippen LogP contribution in [0, 0.1) is 34.0 Å². The molecule has 8 heteroatoms. The summed E-state index contributed by atoms with van der Waals surface area (Å²) in [5.74, 6) is 0. The van der Waals surface area contributed by atoms with Crippen molar-refractivity contribution in [2.75, 3.05) is 0 Å². The zero-order valence-corrected chi connectivity index (χ0v) is 6.79. The number of nitrogens with zero attached hydrogens (tertiary/aromatic N) is 3. The first-order chi connectivity index (χ1) is 4.93. The first-order valence-electron chi connectivity index (χ1n) is 2.12. The quantitative estimate of drug-likeness (QED) is 0.295. The van der Waals surface area contributed by atoms with Gasteiger partial charge in [-0.15, -0.1) is 0 Å². The van der Waals surface area contributed by atoms with Gasteiger partial charge in [-0.25, -0.2) is 8.42 Å². The topological polar surface area (TPSA) is 129 Å². The molecule has 0 aromatic rings. The molecule has 0 unspecified atom stereocenters. The van der Waals surface area contributed by atoms with Crippen molar-refractivity contribution in [2.24, 2.45) is 0 Å². The van der Waals surface area contributed by atoms with Gasteiger partial charge in [0.15, 0.2) is 0 Å². The molecule has 0 spiro atoms. The molecule has 0 saturated heterocycles. The van der Waals surface area contributed by atoms with E-state index in [0.29, 0.717) is 0 Å². The number of nitriles is 3. The zero-order valence-electron chi connectivity index (χ0n) is 5.97. The molecule has 56 valence electrons. The summed E-state index contributed by atoms with van der Waals surface area (Å²) in [6.07, 6.45) is 0. The van der Waals surface area contributed by atoms with Crippen molar-refractivity contribution in [3.63, 3.8) is 0 Å². The molecular weight excluding hydrogens is 177 g/mol. The number of hydrogen-bond donors (Lipinski definition) is 0. The van der Waals surface area contributed by atoms with Crippen molar-refractivity contribution >= 4 is 10.1 Å². The summed E-state index contributed by atoms with van der Waals surface area (Å²) in [6, 6.07) is 2.50. The van der Waals surface area contributed by atoms with Crippen molar-refractivity contribution in [1.29, 1.82) is 15.8 Å². The Kier molecular flexibility index (Phi) is 4.65. The average Bonchev–Trinajstić information content (AvgIpc) is 1.90. The van der Waals surface area contributed by atoms with Gasteiger partial charge in [0, 0.05) is 0 Å². The van der Waals surface area contributed by atoms with E-state index in [0.717, 1.165) is 18.2 Å². The van der Waals surface area contributed by atoms with E-state index in [9.17, 15) is 13.0 Å². The largest absolute Gasteiger partial charge is 1.00 e. The molecule has 0 aromatic heterocycles. The predicted molar refractivity (Wildman–Crippen MR) is 29.3 cm³/mol. The maximum absolute atomic E-state index is 10.1. The van der Waals surface area contributed by atoms with E-state index < -0.39 is 14.9 Å². The van der Waals surface area contributed by atoms with Crippen molar-refractivity contribution in [3.8, 4) is 18.2 Å². The second kappa shape index (κ2) is 4.12. The maximum atomic E-state index is 10.1. The minimum absolute atomic E-state index is 0. The first kappa shape index (κ1) is 13.6. The summed E-state index contributed by atoms with van der Waals surface area (Å²) in [4.78, 5) is 0. The summed E-state index contributed by atoms with van der Waals surface area (Å²) in [6.45, 7) is 0. The van der Waals surface area contributed by atoms with Gasteiger partial charge in [-0.2, -0.15) is 15.8 Å². The predicted octanol–water partition coefficient (Wildman–Crippen LogP) is -4.15. The Labute approximate surface area is 80.9 Å². The van der Waals surface area contributed by atoms with Crippen LogP contribution >= 0.6 is 0 Å². The molecule has 0 radical (unpaired) electrons. The molecule has 0 amide bonds. The fraction of sp³-hybridized carbons (Fsp3) is 0.250. The molecule has 12 heavy (non-hydrogen) atoms. The Morgan fingerprint density at radius 2 is 1.33 bits per heavy atom. The molecule has 0 bridgehead atoms. The molecule has 0 N–H and O–H groups in total. The molecule has 6 nitrogen and oxygen atoms in total. The van der Waals surface area contributed by atoms with Crippen LogP contribution in [0.25, 0.3) is 0 Å². The van der Waals surface area contributed by atoms with Crippen molar-refractivity contribution in [3.05, 3.63) is 0 Å². The van der Waals surface area contributed by atoms with Crippen LogP contribution in [-0.2, 0) is 10.1 Å². The number of hydrogen-bond acceptors (Lipinski definition) is 6. The van der Waals surface area contributed by atoms with Gasteiger partial charge in [-0.1, -0.05) is 0 Å². The van der Waals surface area contributed by atoms with E-state index in [1.54, 1.807) is 0 Å². The average molecular weight is 177 g/mol. The SMILES string of the molecule is N#CC(C#N)(C#N)S(=O)(=O)[O-].[Li+]. The Hall–Kier alpha value is -1.02. The molecule has 0 saturated carbocycles. The van der Waals surface area contributed by atoms with Crippen molar-refractivity contribution < 1.29 is 31.8 Å². The minimum Gasteiger partial charge on any atom is -0.745 e. The zero-order chi connectivity index (χ0) is 9.12. The Morgan fingerprint density at radius 1 is 1.08 bits per heavy atom. The van der Waals surface area contributed by atoms with E-state index in [1.807, 2.05) is 0 Å². The van der Waals surface area contributed by atoms with E-state index in [1.165, 1.54) is 0 Å². The van der Waals surface area contributed by atoms with Gasteiger partial charge in [0.2, 0.25) is 0 Å². The molecule has 0 rings (SSSR count). The van der Waals surface area contributed by atoms with Crippen molar-refractivity contribution in [1.82, 2.24) is 0 Å². The Bertz CT molecular complexity index is 345. The van der Waals surface area contributed by atoms with E-state index in [4.69, 9.17) is 15.8 Å². The third-order valence-corrected chi connectivity index (χ3v) is 1.87. The van der Waals surface area contributed by atoms with E-state index in [2.05, 4.69) is 0 Å². The van der Waals surface area contributed by atoms with Crippen molar-refractivity contribution in [2.45, 2.75) is 4.75 Å². The van der Waals surface area contributed by atoms with Gasteiger partial charge < -0.3 is 4.55 Å². The molecular formula is C4LiN3O3S. The first-order valence-corrected chi connectivity index (χ1v) is 3.53. The molecule has 0 atom stereocenters. The summed E-state index contributed by atoms with van der Waals surface area (Å²) in [5.41, 5.74) is 0. The molecule has 0 aliphatic heterocycles. The van der Waals surface area contributed by atoms with Gasteiger partial charge in [-0.05, 0) is 0 Å². The van der Waals surface area contributed by atoms with Crippen LogP contribution in [0.3, 0.4) is 0 Å². The third kappa shape index (κ3) is 1.98. The van der Waals surface area contributed by atoms with Gasteiger partial charge >= 0.3 is 23.6 Å². The van der Waals surface area contributed by atoms with E-state index >= 15 is 0 Å². The van der Waals surface area contributed by atoms with Crippen LogP contribution in [0.5, 0.6) is 0 Å². The summed E-state index contributed by atoms with van der Waals surface area (Å²) >= 11 is 0. The second-order valence-electron chi connectivity index (χ2n) is 1.47. The number of rotatable bonds is 1. The van der Waals surface area contributed by atoms with Crippen LogP contribution in [0.4, 0.5) is 0 Å². The summed E-state index contributed by atoms with van der Waals surface area (Å²) in [5, 5.41) is 24.1. The third-order valence-electron chi connectivity index (χ3n) is 0.847. The Balaban J connectivity index is 0. The van der Waals surface area contributed by atoms with Crippen LogP contribution in [0.1, 0.15) is 0 Å². The smallest absolute Gasteiger partial charge is 0.745 e. The monoisotopic (exact) mass is 177 g/mol. The van der Waals surface area contributed by atoms with Gasteiger partial charge in [0.25, 0.3) is 0 Å². The minimum atomic E-state index is -5.21. The molecule has 0 aromatic carbocycles. The van der Waals surface area contributed by atoms with Crippen LogP contribution in [-0.4, -0.2) is 17.7 Å². The molecule has 0 heterocycles. The van der Waals surface area contributed by atoms with Gasteiger partial charge in [-0.3, -0.25) is 0 Å². The molecule has 0 aliphatic rings. The maximum Gasteiger partial charge on any atom is 1.00 e. The molecule has 0 fully saturated rings. The fourth-order valence-electron chi connectivity index (χ4n) is 0.243. The van der Waals surface area contributed by atoms with Gasteiger partial charge in [0.1, 0.15) is 28.3 Å². The van der Waals surface area contributed by atoms with Gasteiger partial charge in [0.05, 0.1) is 0 Å². The summed E-state index contributed by atoms with van der Waals surface area (Å²) in [7, 11) is -5.21. The standard InChI is InChI=1S/C4HN3O3S.Li/c5-1-4(2-6,3-7)11(8,9)10;/h(H,8,9,10);/q;+1/p-1. The van der Waals surface area contributed by atoms with Crippen LogP contribution < -0.4 is 18.9 Å². The van der Waals surface area contributed by atoms with Crippen LogP contribution in [0.2, 0.25) is 0 Å².